The third-order valence-electron chi connectivity index (χ3n) is 3.16. The number of carbonyl (C=O) groups is 1. The summed E-state index contributed by atoms with van der Waals surface area (Å²) in [5.41, 5.74) is 5.33. The van der Waals surface area contributed by atoms with Gasteiger partial charge in [0.05, 0.1) is 0 Å². The van der Waals surface area contributed by atoms with Crippen molar-refractivity contribution in [2.24, 2.45) is 5.73 Å². The molecule has 1 heterocycles. The van der Waals surface area contributed by atoms with E-state index in [1.807, 2.05) is 27.7 Å². The van der Waals surface area contributed by atoms with Crippen LogP contribution in [-0.4, -0.2) is 60.3 Å². The van der Waals surface area contributed by atoms with Gasteiger partial charge in [-0.2, -0.15) is 0 Å². The number of nitrogens with zero attached hydrogens (tertiary/aromatic N) is 2. The summed E-state index contributed by atoms with van der Waals surface area (Å²) in [6.45, 7) is 12.2. The van der Waals surface area contributed by atoms with E-state index in [0.29, 0.717) is 0 Å². The second-order valence-corrected chi connectivity index (χ2v) is 6.43. The summed E-state index contributed by atoms with van der Waals surface area (Å²) in [4.78, 5) is 16.1. The van der Waals surface area contributed by atoms with E-state index in [4.69, 9.17) is 10.5 Å². The van der Waals surface area contributed by atoms with Crippen LogP contribution >= 0.6 is 0 Å². The van der Waals surface area contributed by atoms with Crippen LogP contribution in [0.3, 0.4) is 0 Å². The van der Waals surface area contributed by atoms with E-state index in [0.717, 1.165) is 45.6 Å². The molecule has 1 rings (SSSR count). The highest BCUT2D eigenvalue weighted by atomic mass is 16.6. The zero-order chi connectivity index (χ0) is 14.5. The maximum atomic E-state index is 11.9. The smallest absolute Gasteiger partial charge is 0.410 e. The monoisotopic (exact) mass is 271 g/mol. The lowest BCUT2D eigenvalue weighted by Crippen LogP contribution is -2.50. The zero-order valence-corrected chi connectivity index (χ0v) is 12.8. The second-order valence-electron chi connectivity index (χ2n) is 6.43. The molecule has 0 unspecified atom stereocenters. The molecule has 0 radical (unpaired) electrons. The minimum absolute atomic E-state index is 0.192. The molecule has 5 heteroatoms. The molecule has 0 spiro atoms. The van der Waals surface area contributed by atoms with E-state index in [-0.39, 0.29) is 12.1 Å². The summed E-state index contributed by atoms with van der Waals surface area (Å²) in [6.07, 6.45) is 2.00. The van der Waals surface area contributed by atoms with Crippen molar-refractivity contribution in [2.45, 2.75) is 52.2 Å². The molecule has 1 aliphatic rings. The van der Waals surface area contributed by atoms with Crippen molar-refractivity contribution >= 4 is 6.09 Å². The lowest BCUT2D eigenvalue weighted by molar-refractivity contribution is 0.0144. The highest BCUT2D eigenvalue weighted by Crippen LogP contribution is 2.12. The molecule has 0 aromatic rings. The molecule has 19 heavy (non-hydrogen) atoms. The lowest BCUT2D eigenvalue weighted by atomic mass is 10.2. The van der Waals surface area contributed by atoms with Crippen molar-refractivity contribution in [2.75, 3.05) is 32.7 Å². The Balaban J connectivity index is 2.23. The summed E-state index contributed by atoms with van der Waals surface area (Å²) < 4.78 is 5.38. The Morgan fingerprint density at radius 3 is 2.32 bits per heavy atom. The predicted octanol–water partition coefficient (Wildman–Crippen LogP) is 1.67. The highest BCUT2D eigenvalue weighted by Gasteiger charge is 2.25. The Morgan fingerprint density at radius 2 is 1.84 bits per heavy atom. The van der Waals surface area contributed by atoms with Crippen molar-refractivity contribution in [1.82, 2.24) is 9.80 Å². The largest absolute Gasteiger partial charge is 0.444 e. The second kappa shape index (κ2) is 7.10. The summed E-state index contributed by atoms with van der Waals surface area (Å²) in [7, 11) is 0. The minimum atomic E-state index is -0.411. The maximum absolute atomic E-state index is 11.9. The van der Waals surface area contributed by atoms with Gasteiger partial charge in [-0.25, -0.2) is 4.79 Å². The molecule has 0 aromatic heterocycles. The van der Waals surface area contributed by atoms with Gasteiger partial charge in [0.15, 0.2) is 0 Å². The molecule has 5 nitrogen and oxygen atoms in total. The molecule has 1 amide bonds. The van der Waals surface area contributed by atoms with Gasteiger partial charge in [0.2, 0.25) is 0 Å². The third-order valence-corrected chi connectivity index (χ3v) is 3.16. The van der Waals surface area contributed by atoms with E-state index < -0.39 is 5.60 Å². The van der Waals surface area contributed by atoms with Gasteiger partial charge in [0.25, 0.3) is 0 Å². The first-order chi connectivity index (χ1) is 8.78. The van der Waals surface area contributed by atoms with Gasteiger partial charge in [-0.1, -0.05) is 0 Å². The fourth-order valence-corrected chi connectivity index (χ4v) is 2.12. The molecule has 1 aliphatic heterocycles. The number of hydrogen-bond acceptors (Lipinski definition) is 4. The molecule has 0 aliphatic carbocycles. The number of carbonyl (C=O) groups excluding carboxylic acids is 1. The topological polar surface area (TPSA) is 58.8 Å². The summed E-state index contributed by atoms with van der Waals surface area (Å²) in [5, 5.41) is 0. The molecular formula is C14H29N3O2. The van der Waals surface area contributed by atoms with Gasteiger partial charge in [-0.05, 0) is 47.1 Å². The first kappa shape index (κ1) is 16.2. The number of ether oxygens (including phenoxy) is 1. The molecule has 1 atom stereocenters. The van der Waals surface area contributed by atoms with E-state index >= 15 is 0 Å². The third kappa shape index (κ3) is 6.78. The highest BCUT2D eigenvalue weighted by molar-refractivity contribution is 5.68. The van der Waals surface area contributed by atoms with Crippen LogP contribution in [0.15, 0.2) is 0 Å². The van der Waals surface area contributed by atoms with Gasteiger partial charge in [-0.15, -0.1) is 0 Å². The van der Waals surface area contributed by atoms with Crippen molar-refractivity contribution < 1.29 is 9.53 Å². The normalized spacial score (nSPS) is 19.3. The number of nitrogens with two attached hydrogens (primary N) is 1. The predicted molar refractivity (Wildman–Crippen MR) is 77.1 cm³/mol. The Morgan fingerprint density at radius 1 is 1.26 bits per heavy atom. The molecule has 0 bridgehead atoms. The Hall–Kier alpha value is -0.810. The van der Waals surface area contributed by atoms with E-state index in [2.05, 4.69) is 4.90 Å². The molecule has 0 saturated carbocycles. The number of hydrogen-bond donors (Lipinski definition) is 1. The van der Waals surface area contributed by atoms with Gasteiger partial charge in [-0.3, -0.25) is 4.90 Å². The first-order valence-electron chi connectivity index (χ1n) is 7.24. The minimum Gasteiger partial charge on any atom is -0.444 e. The SMILES string of the molecule is C[C@H](N)CCCN1CCN(C(=O)OC(C)(C)C)CC1. The quantitative estimate of drug-likeness (QED) is 0.845. The maximum Gasteiger partial charge on any atom is 0.410 e. The van der Waals surface area contributed by atoms with Crippen LogP contribution in [0.4, 0.5) is 4.79 Å². The average molecular weight is 271 g/mol. The van der Waals surface area contributed by atoms with E-state index in [1.165, 1.54) is 0 Å². The molecule has 0 aromatic carbocycles. The zero-order valence-electron chi connectivity index (χ0n) is 12.8. The molecule has 1 fully saturated rings. The summed E-state index contributed by atoms with van der Waals surface area (Å²) in [6, 6.07) is 0.281. The lowest BCUT2D eigenvalue weighted by Gasteiger charge is -2.35. The van der Waals surface area contributed by atoms with Gasteiger partial charge in [0, 0.05) is 32.2 Å². The number of piperazine rings is 1. The average Bonchev–Trinajstić information content (AvgIpc) is 2.27. The van der Waals surface area contributed by atoms with Crippen LogP contribution in [0.2, 0.25) is 0 Å². The Labute approximate surface area is 117 Å². The molecule has 112 valence electrons. The van der Waals surface area contributed by atoms with Crippen LogP contribution in [0, 0.1) is 0 Å². The van der Waals surface area contributed by atoms with Crippen molar-refractivity contribution in [1.29, 1.82) is 0 Å². The molecule has 1 saturated heterocycles. The number of rotatable bonds is 4. The van der Waals surface area contributed by atoms with Gasteiger partial charge >= 0.3 is 6.09 Å². The number of amides is 1. The van der Waals surface area contributed by atoms with Crippen molar-refractivity contribution in [3.8, 4) is 0 Å². The Bertz CT molecular complexity index is 279. The van der Waals surface area contributed by atoms with Crippen molar-refractivity contribution in [3.63, 3.8) is 0 Å². The van der Waals surface area contributed by atoms with E-state index in [9.17, 15) is 4.79 Å². The fraction of sp³-hybridized carbons (Fsp3) is 0.929. The first-order valence-corrected chi connectivity index (χ1v) is 7.24. The standard InChI is InChI=1S/C14H29N3O2/c1-12(15)6-5-7-16-8-10-17(11-9-16)13(18)19-14(2,3)4/h12H,5-11,15H2,1-4H3/t12-/m0/s1. The van der Waals surface area contributed by atoms with Crippen LogP contribution < -0.4 is 5.73 Å². The van der Waals surface area contributed by atoms with Crippen LogP contribution in [-0.2, 0) is 4.74 Å². The summed E-state index contributed by atoms with van der Waals surface area (Å²) in [5.74, 6) is 0. The Kier molecular flexibility index (Phi) is 6.07. The van der Waals surface area contributed by atoms with Crippen LogP contribution in [0.5, 0.6) is 0 Å². The fourth-order valence-electron chi connectivity index (χ4n) is 2.12. The molecule has 2 N–H and O–H groups in total. The van der Waals surface area contributed by atoms with Gasteiger partial charge < -0.3 is 15.4 Å². The van der Waals surface area contributed by atoms with Crippen LogP contribution in [0.1, 0.15) is 40.5 Å². The van der Waals surface area contributed by atoms with Crippen molar-refractivity contribution in [3.05, 3.63) is 0 Å². The summed E-state index contributed by atoms with van der Waals surface area (Å²) >= 11 is 0. The van der Waals surface area contributed by atoms with Crippen LogP contribution in [0.25, 0.3) is 0 Å². The molecular weight excluding hydrogens is 242 g/mol. The van der Waals surface area contributed by atoms with E-state index in [1.54, 1.807) is 4.90 Å². The van der Waals surface area contributed by atoms with Gasteiger partial charge in [0.1, 0.15) is 5.60 Å².